The van der Waals surface area contributed by atoms with Crippen molar-refractivity contribution in [1.29, 1.82) is 0 Å². The van der Waals surface area contributed by atoms with E-state index in [1.807, 2.05) is 0 Å². The summed E-state index contributed by atoms with van der Waals surface area (Å²) < 4.78 is 4.73. The Kier molecular flexibility index (Phi) is 4.87. The Bertz CT molecular complexity index is 425. The molecule has 0 spiro atoms. The Hall–Kier alpha value is -2.17. The van der Waals surface area contributed by atoms with Crippen LogP contribution in [0.2, 0.25) is 0 Å². The topological polar surface area (TPSA) is 65.0 Å². The van der Waals surface area contributed by atoms with Crippen LogP contribution in [0.1, 0.15) is 17.3 Å². The molecule has 0 amide bonds. The first-order chi connectivity index (χ1) is 8.20. The molecule has 0 aliphatic carbocycles. The summed E-state index contributed by atoms with van der Waals surface area (Å²) in [6.07, 6.45) is 0. The first-order valence-corrected chi connectivity index (χ1v) is 5.08. The molecule has 17 heavy (non-hydrogen) atoms. The summed E-state index contributed by atoms with van der Waals surface area (Å²) in [5.41, 5.74) is -0.00287. The molecule has 1 aromatic carbocycles. The van der Waals surface area contributed by atoms with Gasteiger partial charge in [0.2, 0.25) is 11.5 Å². The van der Waals surface area contributed by atoms with Crippen LogP contribution in [0.15, 0.2) is 35.5 Å². The van der Waals surface area contributed by atoms with E-state index in [1.54, 1.807) is 37.3 Å². The first kappa shape index (κ1) is 12.9. The summed E-state index contributed by atoms with van der Waals surface area (Å²) in [5.74, 6) is -1.31. The molecule has 0 aliphatic rings. The number of Topliss-reactive ketones (excluding diaryl/α,β-unsaturated/α-hetero) is 1. The van der Waals surface area contributed by atoms with Gasteiger partial charge in [-0.05, 0) is 6.92 Å². The molecular weight excluding hydrogens is 222 g/mol. The molecule has 0 heterocycles. The van der Waals surface area contributed by atoms with Crippen molar-refractivity contribution in [2.24, 2.45) is 5.16 Å². The number of esters is 1. The monoisotopic (exact) mass is 235 g/mol. The van der Waals surface area contributed by atoms with Gasteiger partial charge in [-0.3, -0.25) is 4.79 Å². The molecule has 5 nitrogen and oxygen atoms in total. The van der Waals surface area contributed by atoms with Crippen molar-refractivity contribution in [3.63, 3.8) is 0 Å². The van der Waals surface area contributed by atoms with Gasteiger partial charge in [-0.25, -0.2) is 4.79 Å². The van der Waals surface area contributed by atoms with Gasteiger partial charge in [0.05, 0.1) is 6.61 Å². The maximum atomic E-state index is 11.9. The molecule has 0 N–H and O–H groups in total. The second kappa shape index (κ2) is 6.42. The van der Waals surface area contributed by atoms with Crippen molar-refractivity contribution < 1.29 is 19.2 Å². The van der Waals surface area contributed by atoms with E-state index in [0.29, 0.717) is 5.56 Å². The summed E-state index contributed by atoms with van der Waals surface area (Å²) in [5, 5.41) is 3.41. The average molecular weight is 235 g/mol. The lowest BCUT2D eigenvalue weighted by Crippen LogP contribution is -2.26. The van der Waals surface area contributed by atoms with Gasteiger partial charge >= 0.3 is 5.97 Å². The van der Waals surface area contributed by atoms with E-state index < -0.39 is 11.8 Å². The zero-order chi connectivity index (χ0) is 12.7. The van der Waals surface area contributed by atoms with Crippen molar-refractivity contribution >= 4 is 17.5 Å². The Morgan fingerprint density at radius 3 is 2.41 bits per heavy atom. The van der Waals surface area contributed by atoms with E-state index in [-0.39, 0.29) is 12.3 Å². The lowest BCUT2D eigenvalue weighted by atomic mass is 10.1. The molecule has 5 heteroatoms. The summed E-state index contributed by atoms with van der Waals surface area (Å²) in [6.45, 7) is 1.82. The van der Waals surface area contributed by atoms with Crippen LogP contribution in [0.3, 0.4) is 0 Å². The number of hydrogen-bond donors (Lipinski definition) is 0. The van der Waals surface area contributed by atoms with Crippen molar-refractivity contribution in [2.75, 3.05) is 13.7 Å². The fourth-order valence-electron chi connectivity index (χ4n) is 1.19. The predicted octanol–water partition coefficient (Wildman–Crippen LogP) is 1.43. The number of hydrogen-bond acceptors (Lipinski definition) is 5. The average Bonchev–Trinajstić information content (AvgIpc) is 2.36. The SMILES string of the molecule is CCOC(=O)/C(=N/OC)C(=O)c1ccccc1. The normalized spacial score (nSPS) is 10.8. The van der Waals surface area contributed by atoms with Crippen LogP contribution >= 0.6 is 0 Å². The van der Waals surface area contributed by atoms with Gasteiger partial charge in [-0.15, -0.1) is 0 Å². The number of ether oxygens (including phenoxy) is 1. The molecule has 0 radical (unpaired) electrons. The van der Waals surface area contributed by atoms with Crippen LogP contribution in [0.5, 0.6) is 0 Å². The highest BCUT2D eigenvalue weighted by Gasteiger charge is 2.24. The van der Waals surface area contributed by atoms with Crippen molar-refractivity contribution in [3.8, 4) is 0 Å². The quantitative estimate of drug-likeness (QED) is 0.254. The highest BCUT2D eigenvalue weighted by Crippen LogP contribution is 2.03. The molecule has 90 valence electrons. The van der Waals surface area contributed by atoms with E-state index in [4.69, 9.17) is 4.74 Å². The van der Waals surface area contributed by atoms with Crippen molar-refractivity contribution in [2.45, 2.75) is 6.92 Å². The first-order valence-electron chi connectivity index (χ1n) is 5.08. The van der Waals surface area contributed by atoms with Gasteiger partial charge in [-0.2, -0.15) is 0 Å². The second-order valence-corrected chi connectivity index (χ2v) is 3.04. The zero-order valence-electron chi connectivity index (χ0n) is 9.67. The molecule has 0 saturated carbocycles. The third-order valence-electron chi connectivity index (χ3n) is 1.90. The maximum absolute atomic E-state index is 11.9. The minimum absolute atomic E-state index is 0.170. The fraction of sp³-hybridized carbons (Fsp3) is 0.250. The minimum Gasteiger partial charge on any atom is -0.461 e. The molecule has 0 aliphatic heterocycles. The van der Waals surface area contributed by atoms with E-state index in [0.717, 1.165) is 0 Å². The molecule has 1 aromatic rings. The second-order valence-electron chi connectivity index (χ2n) is 3.04. The lowest BCUT2D eigenvalue weighted by molar-refractivity contribution is -0.135. The molecule has 0 fully saturated rings. The fourth-order valence-corrected chi connectivity index (χ4v) is 1.19. The minimum atomic E-state index is -0.789. The van der Waals surface area contributed by atoms with Crippen LogP contribution in [0.25, 0.3) is 0 Å². The molecular formula is C12H13NO4. The number of carbonyl (C=O) groups is 2. The molecule has 0 aromatic heterocycles. The Morgan fingerprint density at radius 2 is 1.88 bits per heavy atom. The smallest absolute Gasteiger partial charge is 0.364 e. The van der Waals surface area contributed by atoms with Crippen LogP contribution in [0.4, 0.5) is 0 Å². The number of carbonyl (C=O) groups excluding carboxylic acids is 2. The highest BCUT2D eigenvalue weighted by atomic mass is 16.6. The van der Waals surface area contributed by atoms with Crippen LogP contribution in [-0.2, 0) is 14.4 Å². The summed E-state index contributed by atoms with van der Waals surface area (Å²) in [7, 11) is 1.26. The standard InChI is InChI=1S/C12H13NO4/c1-3-17-12(15)10(13-16-2)11(14)9-7-5-4-6-8-9/h4-8H,3H2,1-2H3/b13-10+. The molecule has 1 rings (SSSR count). The zero-order valence-corrected chi connectivity index (χ0v) is 9.67. The molecule has 0 unspecified atom stereocenters. The summed E-state index contributed by atoms with van der Waals surface area (Å²) >= 11 is 0. The number of oxime groups is 1. The van der Waals surface area contributed by atoms with E-state index in [2.05, 4.69) is 9.99 Å². The van der Waals surface area contributed by atoms with E-state index >= 15 is 0 Å². The summed E-state index contributed by atoms with van der Waals surface area (Å²) in [4.78, 5) is 27.9. The Balaban J connectivity index is 2.97. The molecule has 0 bridgehead atoms. The molecule has 0 saturated heterocycles. The predicted molar refractivity (Wildman–Crippen MR) is 61.8 cm³/mol. The van der Waals surface area contributed by atoms with Gasteiger partial charge in [-0.1, -0.05) is 35.5 Å². The van der Waals surface area contributed by atoms with Gasteiger partial charge in [0.15, 0.2) is 0 Å². The van der Waals surface area contributed by atoms with E-state index in [1.165, 1.54) is 7.11 Å². The molecule has 0 atom stereocenters. The Labute approximate surface area is 99.0 Å². The van der Waals surface area contributed by atoms with Gasteiger partial charge in [0.25, 0.3) is 0 Å². The largest absolute Gasteiger partial charge is 0.461 e. The highest BCUT2D eigenvalue weighted by molar-refractivity contribution is 6.67. The number of nitrogens with zero attached hydrogens (tertiary/aromatic N) is 1. The number of rotatable bonds is 5. The third kappa shape index (κ3) is 3.41. The van der Waals surface area contributed by atoms with Crippen LogP contribution in [-0.4, -0.2) is 31.2 Å². The number of benzene rings is 1. The van der Waals surface area contributed by atoms with Crippen molar-refractivity contribution in [3.05, 3.63) is 35.9 Å². The van der Waals surface area contributed by atoms with Gasteiger partial charge in [0, 0.05) is 5.56 Å². The van der Waals surface area contributed by atoms with Gasteiger partial charge in [0.1, 0.15) is 7.11 Å². The van der Waals surface area contributed by atoms with Crippen LogP contribution in [0, 0.1) is 0 Å². The summed E-state index contributed by atoms with van der Waals surface area (Å²) in [6, 6.07) is 8.35. The van der Waals surface area contributed by atoms with E-state index in [9.17, 15) is 9.59 Å². The Morgan fingerprint density at radius 1 is 1.24 bits per heavy atom. The number of ketones is 1. The third-order valence-corrected chi connectivity index (χ3v) is 1.90. The van der Waals surface area contributed by atoms with Gasteiger partial charge < -0.3 is 9.57 Å². The van der Waals surface area contributed by atoms with Crippen LogP contribution < -0.4 is 0 Å². The lowest BCUT2D eigenvalue weighted by Gasteiger charge is -2.04. The van der Waals surface area contributed by atoms with Crippen molar-refractivity contribution in [1.82, 2.24) is 0 Å². The maximum Gasteiger partial charge on any atom is 0.364 e.